The van der Waals surface area contributed by atoms with Crippen LogP contribution in [0.3, 0.4) is 0 Å². The Kier molecular flexibility index (Phi) is 7.76. The van der Waals surface area contributed by atoms with Crippen molar-refractivity contribution in [1.29, 1.82) is 0 Å². The normalized spacial score (nSPS) is 11.2. The highest BCUT2D eigenvalue weighted by molar-refractivity contribution is 9.10. The van der Waals surface area contributed by atoms with Crippen LogP contribution in [0.5, 0.6) is 5.75 Å². The van der Waals surface area contributed by atoms with Gasteiger partial charge in [0.05, 0.1) is 18.5 Å². The lowest BCUT2D eigenvalue weighted by atomic mass is 10.1. The molecule has 0 bridgehead atoms. The van der Waals surface area contributed by atoms with Crippen LogP contribution >= 0.6 is 15.9 Å². The van der Waals surface area contributed by atoms with Crippen molar-refractivity contribution in [2.75, 3.05) is 23.3 Å². The summed E-state index contributed by atoms with van der Waals surface area (Å²) >= 11 is 3.16. The molecule has 0 saturated carbocycles. The standard InChI is InChI=1S/C24H24BrFN2O4S/c1-4-17-6-9-19(10-7-17)28(15-24(29)27-21-11-8-18(25)14-20(21)26)33(30,31)23-13-16(2)5-12-22(23)32-3/h5-14H,4,15H2,1-3H3,(H,27,29). The second-order valence-electron chi connectivity index (χ2n) is 7.36. The van der Waals surface area contributed by atoms with Crippen molar-refractivity contribution in [2.24, 2.45) is 0 Å². The van der Waals surface area contributed by atoms with E-state index in [9.17, 15) is 17.6 Å². The smallest absolute Gasteiger partial charge is 0.268 e. The largest absolute Gasteiger partial charge is 0.495 e. The van der Waals surface area contributed by atoms with E-state index >= 15 is 0 Å². The third-order valence-electron chi connectivity index (χ3n) is 5.01. The molecule has 1 N–H and O–H groups in total. The molecule has 0 fully saturated rings. The van der Waals surface area contributed by atoms with Crippen molar-refractivity contribution >= 4 is 43.2 Å². The Bertz CT molecular complexity index is 1260. The predicted molar refractivity (Wildman–Crippen MR) is 131 cm³/mol. The van der Waals surface area contributed by atoms with Crippen LogP contribution in [0, 0.1) is 12.7 Å². The van der Waals surface area contributed by atoms with Gasteiger partial charge in [-0.15, -0.1) is 0 Å². The quantitative estimate of drug-likeness (QED) is 0.425. The molecule has 0 aliphatic carbocycles. The first-order valence-electron chi connectivity index (χ1n) is 10.2. The number of carbonyl (C=O) groups is 1. The maximum Gasteiger partial charge on any atom is 0.268 e. The number of sulfonamides is 1. The lowest BCUT2D eigenvalue weighted by Crippen LogP contribution is -2.38. The van der Waals surface area contributed by atoms with Crippen molar-refractivity contribution in [3.63, 3.8) is 0 Å². The number of ether oxygens (including phenoxy) is 1. The second-order valence-corrected chi connectivity index (χ2v) is 10.1. The van der Waals surface area contributed by atoms with E-state index in [2.05, 4.69) is 21.2 Å². The first kappa shape index (κ1) is 24.7. The molecule has 0 aliphatic heterocycles. The summed E-state index contributed by atoms with van der Waals surface area (Å²) < 4.78 is 48.4. The van der Waals surface area contributed by atoms with Crippen LogP contribution in [0.15, 0.2) is 70.0 Å². The number of hydrogen-bond acceptors (Lipinski definition) is 4. The van der Waals surface area contributed by atoms with Gasteiger partial charge in [-0.2, -0.15) is 0 Å². The van der Waals surface area contributed by atoms with Crippen molar-refractivity contribution in [2.45, 2.75) is 25.2 Å². The molecular weight excluding hydrogens is 511 g/mol. The zero-order valence-electron chi connectivity index (χ0n) is 18.4. The maximum atomic E-state index is 14.2. The fourth-order valence-corrected chi connectivity index (χ4v) is 5.23. The zero-order valence-corrected chi connectivity index (χ0v) is 20.8. The van der Waals surface area contributed by atoms with Gasteiger partial charge < -0.3 is 10.1 Å². The lowest BCUT2D eigenvalue weighted by molar-refractivity contribution is -0.114. The minimum Gasteiger partial charge on any atom is -0.495 e. The molecule has 3 aromatic rings. The molecule has 3 rings (SSSR count). The van der Waals surface area contributed by atoms with Gasteiger partial charge in [0.25, 0.3) is 10.0 Å². The van der Waals surface area contributed by atoms with Crippen molar-refractivity contribution in [3.8, 4) is 5.75 Å². The van der Waals surface area contributed by atoms with Gasteiger partial charge in [-0.3, -0.25) is 9.10 Å². The number of benzene rings is 3. The molecule has 0 aliphatic rings. The van der Waals surface area contributed by atoms with Gasteiger partial charge in [-0.25, -0.2) is 12.8 Å². The molecular formula is C24H24BrFN2O4S. The highest BCUT2D eigenvalue weighted by Gasteiger charge is 2.30. The number of aryl methyl sites for hydroxylation is 2. The van der Waals surface area contributed by atoms with Gasteiger partial charge in [0, 0.05) is 4.47 Å². The molecule has 33 heavy (non-hydrogen) atoms. The number of amides is 1. The van der Waals surface area contributed by atoms with Gasteiger partial charge in [0.2, 0.25) is 5.91 Å². The van der Waals surface area contributed by atoms with E-state index in [4.69, 9.17) is 4.74 Å². The highest BCUT2D eigenvalue weighted by atomic mass is 79.9. The Morgan fingerprint density at radius 2 is 1.79 bits per heavy atom. The summed E-state index contributed by atoms with van der Waals surface area (Å²) in [5, 5.41) is 2.45. The van der Waals surface area contributed by atoms with Crippen LogP contribution in [0.1, 0.15) is 18.1 Å². The second kappa shape index (κ2) is 10.4. The van der Waals surface area contributed by atoms with Crippen molar-refractivity contribution in [3.05, 3.63) is 82.1 Å². The lowest BCUT2D eigenvalue weighted by Gasteiger charge is -2.25. The number of nitrogens with zero attached hydrogens (tertiary/aromatic N) is 1. The molecule has 0 atom stereocenters. The summed E-state index contributed by atoms with van der Waals surface area (Å²) in [5.41, 5.74) is 2.00. The number of carbonyl (C=O) groups excluding carboxylic acids is 1. The Morgan fingerprint density at radius 1 is 1.09 bits per heavy atom. The highest BCUT2D eigenvalue weighted by Crippen LogP contribution is 2.31. The number of anilines is 2. The van der Waals surface area contributed by atoms with Gasteiger partial charge in [0.15, 0.2) is 0 Å². The van der Waals surface area contributed by atoms with E-state index in [-0.39, 0.29) is 16.3 Å². The summed E-state index contributed by atoms with van der Waals surface area (Å²) in [6, 6.07) is 15.9. The molecule has 1 amide bonds. The predicted octanol–water partition coefficient (Wildman–Crippen LogP) is 5.30. The molecule has 0 aromatic heterocycles. The maximum absolute atomic E-state index is 14.2. The van der Waals surface area contributed by atoms with E-state index in [1.54, 1.807) is 49.4 Å². The fraction of sp³-hybridized carbons (Fsp3) is 0.208. The van der Waals surface area contributed by atoms with Gasteiger partial charge in [-0.05, 0) is 66.9 Å². The van der Waals surface area contributed by atoms with Gasteiger partial charge >= 0.3 is 0 Å². The zero-order chi connectivity index (χ0) is 24.2. The molecule has 3 aromatic carbocycles. The average molecular weight is 535 g/mol. The molecule has 9 heteroatoms. The van der Waals surface area contributed by atoms with Crippen LogP contribution in [-0.4, -0.2) is 28.0 Å². The van der Waals surface area contributed by atoms with Gasteiger partial charge in [0.1, 0.15) is 23.0 Å². The molecule has 0 spiro atoms. The first-order chi connectivity index (χ1) is 15.6. The minimum atomic E-state index is -4.20. The average Bonchev–Trinajstić information content (AvgIpc) is 2.79. The summed E-state index contributed by atoms with van der Waals surface area (Å²) in [5.74, 6) is -1.17. The summed E-state index contributed by atoms with van der Waals surface area (Å²) in [7, 11) is -2.81. The van der Waals surface area contributed by atoms with Crippen LogP contribution in [0.4, 0.5) is 15.8 Å². The Morgan fingerprint density at radius 3 is 2.39 bits per heavy atom. The van der Waals surface area contributed by atoms with E-state index in [0.29, 0.717) is 10.2 Å². The van der Waals surface area contributed by atoms with E-state index in [1.165, 1.54) is 25.3 Å². The van der Waals surface area contributed by atoms with Crippen LogP contribution < -0.4 is 14.4 Å². The summed E-state index contributed by atoms with van der Waals surface area (Å²) in [6.07, 6.45) is 0.780. The first-order valence-corrected chi connectivity index (χ1v) is 12.4. The van der Waals surface area contributed by atoms with Crippen LogP contribution in [0.25, 0.3) is 0 Å². The number of rotatable bonds is 8. The number of hydrogen-bond donors (Lipinski definition) is 1. The number of methoxy groups -OCH3 is 1. The Labute approximate surface area is 201 Å². The molecule has 0 saturated heterocycles. The number of nitrogens with one attached hydrogen (secondary N) is 1. The van der Waals surface area contributed by atoms with Crippen LogP contribution in [0.2, 0.25) is 0 Å². The van der Waals surface area contributed by atoms with E-state index in [1.807, 2.05) is 6.92 Å². The Hall–Kier alpha value is -2.91. The molecule has 174 valence electrons. The molecule has 0 heterocycles. The SMILES string of the molecule is CCc1ccc(N(CC(=O)Nc2ccc(Br)cc2F)S(=O)(=O)c2cc(C)ccc2OC)cc1. The van der Waals surface area contributed by atoms with Gasteiger partial charge in [-0.1, -0.05) is 41.1 Å². The Balaban J connectivity index is 2.02. The van der Waals surface area contributed by atoms with Crippen molar-refractivity contribution < 1.29 is 22.3 Å². The molecule has 6 nitrogen and oxygen atoms in total. The monoisotopic (exact) mass is 534 g/mol. The summed E-state index contributed by atoms with van der Waals surface area (Å²) in [6.45, 7) is 3.20. The van der Waals surface area contributed by atoms with Crippen LogP contribution in [-0.2, 0) is 21.2 Å². The molecule has 0 radical (unpaired) electrons. The third kappa shape index (κ3) is 5.72. The van der Waals surface area contributed by atoms with Crippen molar-refractivity contribution in [1.82, 2.24) is 0 Å². The van der Waals surface area contributed by atoms with E-state index in [0.717, 1.165) is 21.9 Å². The molecule has 0 unspecified atom stereocenters. The fourth-order valence-electron chi connectivity index (χ4n) is 3.23. The minimum absolute atomic E-state index is 0.0463. The number of halogens is 2. The van der Waals surface area contributed by atoms with E-state index < -0.39 is 28.3 Å². The topological polar surface area (TPSA) is 75.7 Å². The summed E-state index contributed by atoms with van der Waals surface area (Å²) in [4.78, 5) is 12.8. The third-order valence-corrected chi connectivity index (χ3v) is 7.30.